The number of carboxylic acid groups (broad SMARTS) is 1. The van der Waals surface area contributed by atoms with Crippen LogP contribution < -0.4 is 20.3 Å². The molecule has 0 spiro atoms. The molecular formula is C26H34N6O4. The first-order valence-corrected chi connectivity index (χ1v) is 12.0. The molecule has 1 unspecified atom stereocenters. The number of rotatable bonds is 13. The maximum Gasteiger partial charge on any atom is 0.306 e. The highest BCUT2D eigenvalue weighted by Gasteiger charge is 2.16. The van der Waals surface area contributed by atoms with Crippen LogP contribution in [0.3, 0.4) is 0 Å². The van der Waals surface area contributed by atoms with Gasteiger partial charge in [0, 0.05) is 18.8 Å². The average Bonchev–Trinajstić information content (AvgIpc) is 2.84. The lowest BCUT2D eigenvalue weighted by Gasteiger charge is -2.19. The molecule has 10 heteroatoms. The third-order valence-electron chi connectivity index (χ3n) is 5.45. The lowest BCUT2D eigenvalue weighted by Crippen LogP contribution is -2.27. The molecule has 0 aliphatic carbocycles. The number of ether oxygens (including phenoxy) is 1. The van der Waals surface area contributed by atoms with E-state index in [1.807, 2.05) is 57.0 Å². The molecule has 1 atom stereocenters. The van der Waals surface area contributed by atoms with Gasteiger partial charge in [0.05, 0.1) is 12.5 Å². The first kappa shape index (κ1) is 26.5. The number of nitrogens with zero attached hydrogens (tertiary/aromatic N) is 4. The lowest BCUT2D eigenvalue weighted by atomic mass is 9.97. The SMILES string of the molecule is CCC(Cc1ccc(OCCN(C)c2nc(Nc3ccc(O)cc3)nc(NC(C)C)n2)cc1)C(=O)O. The van der Waals surface area contributed by atoms with Gasteiger partial charge in [-0.15, -0.1) is 0 Å². The van der Waals surface area contributed by atoms with Crippen molar-refractivity contribution in [3.63, 3.8) is 0 Å². The summed E-state index contributed by atoms with van der Waals surface area (Å²) < 4.78 is 5.88. The second-order valence-corrected chi connectivity index (χ2v) is 8.82. The average molecular weight is 495 g/mol. The Hall–Kier alpha value is -4.08. The summed E-state index contributed by atoms with van der Waals surface area (Å²) >= 11 is 0. The third kappa shape index (κ3) is 8.00. The Bertz CT molecular complexity index is 1120. The van der Waals surface area contributed by atoms with E-state index in [4.69, 9.17) is 4.74 Å². The second kappa shape index (κ2) is 12.6. The van der Waals surface area contributed by atoms with E-state index in [1.54, 1.807) is 24.3 Å². The maximum atomic E-state index is 11.3. The summed E-state index contributed by atoms with van der Waals surface area (Å²) in [7, 11) is 1.88. The highest BCUT2D eigenvalue weighted by molar-refractivity contribution is 5.70. The van der Waals surface area contributed by atoms with Gasteiger partial charge < -0.3 is 30.5 Å². The van der Waals surface area contributed by atoms with E-state index in [2.05, 4.69) is 25.6 Å². The number of aromatic hydroxyl groups is 1. The van der Waals surface area contributed by atoms with Crippen LogP contribution in [0.25, 0.3) is 0 Å². The van der Waals surface area contributed by atoms with Gasteiger partial charge in [-0.2, -0.15) is 15.0 Å². The molecule has 0 saturated heterocycles. The number of benzene rings is 2. The van der Waals surface area contributed by atoms with Gasteiger partial charge in [0.15, 0.2) is 0 Å². The summed E-state index contributed by atoms with van der Waals surface area (Å²) in [5.74, 6) is 1.05. The van der Waals surface area contributed by atoms with Gasteiger partial charge in [0.2, 0.25) is 17.8 Å². The maximum absolute atomic E-state index is 11.3. The predicted octanol–water partition coefficient (Wildman–Crippen LogP) is 4.31. The van der Waals surface area contributed by atoms with Crippen molar-refractivity contribution >= 4 is 29.5 Å². The number of phenolic OH excluding ortho intramolecular Hbond substituents is 1. The standard InChI is InChI=1S/C26H34N6O4/c1-5-19(23(34)35)16-18-6-12-22(13-7-18)36-15-14-32(4)26-30-24(27-17(2)3)29-25(31-26)28-20-8-10-21(33)11-9-20/h6-13,17,19,33H,5,14-16H2,1-4H3,(H,34,35)(H2,27,28,29,30,31). The molecule has 3 rings (SSSR count). The van der Waals surface area contributed by atoms with E-state index in [1.165, 1.54) is 0 Å². The Morgan fingerprint density at radius 1 is 1.03 bits per heavy atom. The number of phenols is 1. The molecule has 192 valence electrons. The fourth-order valence-corrected chi connectivity index (χ4v) is 3.40. The van der Waals surface area contributed by atoms with Crippen molar-refractivity contribution in [3.05, 3.63) is 54.1 Å². The number of hydrogen-bond donors (Lipinski definition) is 4. The van der Waals surface area contributed by atoms with Crippen molar-refractivity contribution in [1.82, 2.24) is 15.0 Å². The number of carboxylic acids is 1. The summed E-state index contributed by atoms with van der Waals surface area (Å²) in [6, 6.07) is 14.3. The largest absolute Gasteiger partial charge is 0.508 e. The zero-order valence-corrected chi connectivity index (χ0v) is 21.1. The molecule has 0 fully saturated rings. The van der Waals surface area contributed by atoms with Crippen LogP contribution in [0.5, 0.6) is 11.5 Å². The molecule has 4 N–H and O–H groups in total. The van der Waals surface area contributed by atoms with E-state index >= 15 is 0 Å². The van der Waals surface area contributed by atoms with Crippen LogP contribution in [0.2, 0.25) is 0 Å². The Morgan fingerprint density at radius 3 is 2.31 bits per heavy atom. The molecule has 0 radical (unpaired) electrons. The minimum atomic E-state index is -0.771. The molecule has 0 aliphatic rings. The molecule has 2 aromatic carbocycles. The Labute approximate surface area is 211 Å². The normalized spacial score (nSPS) is 11.7. The smallest absolute Gasteiger partial charge is 0.306 e. The molecular weight excluding hydrogens is 460 g/mol. The first-order valence-electron chi connectivity index (χ1n) is 12.0. The van der Waals surface area contributed by atoms with Gasteiger partial charge in [0.25, 0.3) is 0 Å². The van der Waals surface area contributed by atoms with E-state index in [9.17, 15) is 15.0 Å². The molecule has 0 saturated carbocycles. The predicted molar refractivity (Wildman–Crippen MR) is 140 cm³/mol. The topological polar surface area (TPSA) is 133 Å². The lowest BCUT2D eigenvalue weighted by molar-refractivity contribution is -0.141. The van der Waals surface area contributed by atoms with Crippen LogP contribution in [0, 0.1) is 5.92 Å². The number of aliphatic carboxylic acids is 1. The van der Waals surface area contributed by atoms with Gasteiger partial charge >= 0.3 is 5.97 Å². The molecule has 3 aromatic rings. The zero-order valence-electron chi connectivity index (χ0n) is 21.1. The van der Waals surface area contributed by atoms with Gasteiger partial charge in [-0.25, -0.2) is 0 Å². The molecule has 0 bridgehead atoms. The van der Waals surface area contributed by atoms with Crippen LogP contribution in [0.1, 0.15) is 32.8 Å². The monoisotopic (exact) mass is 494 g/mol. The molecule has 36 heavy (non-hydrogen) atoms. The van der Waals surface area contributed by atoms with E-state index < -0.39 is 5.97 Å². The van der Waals surface area contributed by atoms with E-state index in [0.29, 0.717) is 49.6 Å². The van der Waals surface area contributed by atoms with Crippen molar-refractivity contribution in [2.75, 3.05) is 35.7 Å². The summed E-state index contributed by atoms with van der Waals surface area (Å²) in [5.41, 5.74) is 1.71. The highest BCUT2D eigenvalue weighted by Crippen LogP contribution is 2.20. The first-order chi connectivity index (χ1) is 17.2. The quantitative estimate of drug-likeness (QED) is 0.255. The van der Waals surface area contributed by atoms with Crippen molar-refractivity contribution < 1.29 is 19.7 Å². The fourth-order valence-electron chi connectivity index (χ4n) is 3.40. The Morgan fingerprint density at radius 2 is 1.69 bits per heavy atom. The molecule has 0 amide bonds. The van der Waals surface area contributed by atoms with Gasteiger partial charge in [-0.05, 0) is 68.7 Å². The van der Waals surface area contributed by atoms with Crippen LogP contribution in [-0.2, 0) is 11.2 Å². The second-order valence-electron chi connectivity index (χ2n) is 8.82. The van der Waals surface area contributed by atoms with E-state index in [-0.39, 0.29) is 17.7 Å². The number of likely N-dealkylation sites (N-methyl/N-ethyl adjacent to an activating group) is 1. The van der Waals surface area contributed by atoms with Crippen LogP contribution in [0.4, 0.5) is 23.5 Å². The zero-order chi connectivity index (χ0) is 26.1. The van der Waals surface area contributed by atoms with Gasteiger partial charge in [0.1, 0.15) is 18.1 Å². The molecule has 1 heterocycles. The van der Waals surface area contributed by atoms with E-state index in [0.717, 1.165) is 11.3 Å². The minimum absolute atomic E-state index is 0.140. The minimum Gasteiger partial charge on any atom is -0.508 e. The van der Waals surface area contributed by atoms with Crippen LogP contribution in [0.15, 0.2) is 48.5 Å². The number of aromatic nitrogens is 3. The third-order valence-corrected chi connectivity index (χ3v) is 5.45. The molecule has 0 aliphatic heterocycles. The summed E-state index contributed by atoms with van der Waals surface area (Å²) in [6.07, 6.45) is 1.10. The van der Waals surface area contributed by atoms with Crippen molar-refractivity contribution in [1.29, 1.82) is 0 Å². The molecule has 10 nitrogen and oxygen atoms in total. The van der Waals surface area contributed by atoms with Crippen LogP contribution in [-0.4, -0.2) is 57.4 Å². The van der Waals surface area contributed by atoms with Crippen molar-refractivity contribution in [2.45, 2.75) is 39.7 Å². The van der Waals surface area contributed by atoms with Crippen LogP contribution >= 0.6 is 0 Å². The number of carbonyl (C=O) groups is 1. The summed E-state index contributed by atoms with van der Waals surface area (Å²) in [6.45, 7) is 6.82. The Kier molecular flexibility index (Phi) is 9.26. The summed E-state index contributed by atoms with van der Waals surface area (Å²) in [4.78, 5) is 26.6. The number of nitrogens with one attached hydrogen (secondary N) is 2. The van der Waals surface area contributed by atoms with Gasteiger partial charge in [-0.1, -0.05) is 19.1 Å². The fraction of sp³-hybridized carbons (Fsp3) is 0.385. The molecule has 1 aromatic heterocycles. The highest BCUT2D eigenvalue weighted by atomic mass is 16.5. The van der Waals surface area contributed by atoms with Crippen molar-refractivity contribution in [3.8, 4) is 11.5 Å². The van der Waals surface area contributed by atoms with Gasteiger partial charge in [-0.3, -0.25) is 4.79 Å². The summed E-state index contributed by atoms with van der Waals surface area (Å²) in [5, 5.41) is 25.1. The number of hydrogen-bond acceptors (Lipinski definition) is 9. The van der Waals surface area contributed by atoms with Crippen molar-refractivity contribution in [2.24, 2.45) is 5.92 Å². The Balaban J connectivity index is 1.62. The number of anilines is 4.